The maximum atomic E-state index is 14.8. The molecule has 238 valence electrons. The maximum absolute atomic E-state index is 14.8. The summed E-state index contributed by atoms with van der Waals surface area (Å²) < 4.78 is 43.6. The number of amides is 2. The number of nitrogens with zero attached hydrogens (tertiary/aromatic N) is 4. The standard InChI is InChI=1S/C25H26FN6O7.C5H5.Mo/c1-7-38-24(34)32(13-10-16(35-4)19(37-6)17(11-13)36-5)23-27-12-14(26)20(31-23)28-18-9-8-15-21(29-18)30-22(33)25(2,3)39-15;1-3-5-4-2;/h7-12H,1-6H3,(H2,27,28,29,30,31,33);1-5H;/q2*-1;/b;5-3-;. The Morgan fingerprint density at radius 1 is 1.16 bits per heavy atom. The van der Waals surface area contributed by atoms with Crippen molar-refractivity contribution in [2.75, 3.05) is 36.9 Å². The van der Waals surface area contributed by atoms with Crippen molar-refractivity contribution in [3.05, 3.63) is 67.7 Å². The second-order valence-electron chi connectivity index (χ2n) is 9.15. The number of ether oxygens (including phenoxy) is 5. The number of halogens is 1. The van der Waals surface area contributed by atoms with Gasteiger partial charge in [-0.2, -0.15) is 18.5 Å². The Kier molecular flexibility index (Phi) is 12.1. The van der Waals surface area contributed by atoms with E-state index in [0.717, 1.165) is 11.1 Å². The molecule has 2 N–H and O–H groups in total. The zero-order chi connectivity index (χ0) is 33.1. The van der Waals surface area contributed by atoms with Gasteiger partial charge in [-0.15, -0.1) is 0 Å². The molecule has 0 saturated heterocycles. The fourth-order valence-electron chi connectivity index (χ4n) is 3.70. The van der Waals surface area contributed by atoms with Crippen LogP contribution in [0.4, 0.5) is 38.3 Å². The molecule has 3 heterocycles. The first-order valence-electron chi connectivity index (χ1n) is 13.1. The molecule has 0 fully saturated rings. The van der Waals surface area contributed by atoms with Crippen molar-refractivity contribution in [1.82, 2.24) is 15.0 Å². The average molecular weight is 703 g/mol. The molecule has 2 aromatic heterocycles. The van der Waals surface area contributed by atoms with Crippen molar-refractivity contribution >= 4 is 45.5 Å². The molecular weight excluding hydrogens is 671 g/mol. The number of benzene rings is 1. The molecular formula is C30H31FMoN6O7-2. The van der Waals surface area contributed by atoms with E-state index in [1.807, 2.05) is 29.8 Å². The van der Waals surface area contributed by atoms with Gasteiger partial charge in [-0.05, 0) is 26.0 Å². The average Bonchev–Trinajstić information content (AvgIpc) is 3.02. The van der Waals surface area contributed by atoms with Crippen molar-refractivity contribution in [1.29, 1.82) is 0 Å². The molecule has 0 aliphatic carbocycles. The summed E-state index contributed by atoms with van der Waals surface area (Å²) in [7, 11) is 4.27. The zero-order valence-corrected chi connectivity index (χ0v) is 27.3. The van der Waals surface area contributed by atoms with Gasteiger partial charge in [-0.1, -0.05) is 0 Å². The zero-order valence-electron chi connectivity index (χ0n) is 25.3. The second-order valence-corrected chi connectivity index (χ2v) is 9.82. The van der Waals surface area contributed by atoms with Crippen LogP contribution in [0.3, 0.4) is 0 Å². The molecule has 0 atom stereocenters. The van der Waals surface area contributed by atoms with Crippen molar-refractivity contribution < 1.29 is 57.0 Å². The summed E-state index contributed by atoms with van der Waals surface area (Å²) in [6.07, 6.45) is 5.15. The van der Waals surface area contributed by atoms with E-state index in [1.54, 1.807) is 26.0 Å². The van der Waals surface area contributed by atoms with Crippen LogP contribution in [0.25, 0.3) is 0 Å². The van der Waals surface area contributed by atoms with Crippen molar-refractivity contribution in [3.8, 4) is 23.0 Å². The summed E-state index contributed by atoms with van der Waals surface area (Å²) in [5, 5.41) is 5.39. The van der Waals surface area contributed by atoms with E-state index in [0.29, 0.717) is 11.5 Å². The Bertz CT molecular complexity index is 1570. The van der Waals surface area contributed by atoms with Crippen molar-refractivity contribution in [2.24, 2.45) is 0 Å². The molecule has 0 unspecified atom stereocenters. The van der Waals surface area contributed by atoms with Gasteiger partial charge in [0.1, 0.15) is 5.82 Å². The van der Waals surface area contributed by atoms with E-state index in [9.17, 15) is 14.0 Å². The molecule has 2 amide bonds. The topological polar surface area (TPSA) is 146 Å². The van der Waals surface area contributed by atoms with Crippen molar-refractivity contribution in [3.63, 3.8) is 0 Å². The van der Waals surface area contributed by atoms with Crippen molar-refractivity contribution in [2.45, 2.75) is 26.4 Å². The summed E-state index contributed by atoms with van der Waals surface area (Å²) in [6, 6.07) is 6.05. The predicted molar refractivity (Wildman–Crippen MR) is 162 cm³/mol. The third kappa shape index (κ3) is 8.41. The van der Waals surface area contributed by atoms with E-state index >= 15 is 0 Å². The van der Waals surface area contributed by atoms with Crippen LogP contribution in [-0.4, -0.2) is 58.3 Å². The number of aromatic nitrogens is 3. The number of fused-ring (bicyclic) bond motifs is 1. The number of carbonyl (C=O) groups excluding carboxylic acids is 2. The molecule has 0 spiro atoms. The number of anilines is 5. The van der Waals surface area contributed by atoms with Gasteiger partial charge in [0.25, 0.3) is 5.91 Å². The minimum atomic E-state index is -1.07. The van der Waals surface area contributed by atoms with Crippen LogP contribution in [0, 0.1) is 19.0 Å². The van der Waals surface area contributed by atoms with Gasteiger partial charge >= 0.3 is 54.7 Å². The molecule has 0 bridgehead atoms. The molecule has 1 aromatic carbocycles. The first kappa shape index (κ1) is 34.6. The fourth-order valence-corrected chi connectivity index (χ4v) is 3.93. The van der Waals surface area contributed by atoms with E-state index in [2.05, 4.69) is 25.6 Å². The molecule has 4 rings (SSSR count). The quantitative estimate of drug-likeness (QED) is 0.163. The molecule has 1 aliphatic rings. The Morgan fingerprint density at radius 2 is 1.84 bits per heavy atom. The van der Waals surface area contributed by atoms with E-state index in [4.69, 9.17) is 30.3 Å². The number of methoxy groups -OCH3 is 3. The molecule has 0 saturated carbocycles. The molecule has 1 aliphatic heterocycles. The van der Waals surface area contributed by atoms with Crippen LogP contribution in [0.15, 0.2) is 48.7 Å². The minimum absolute atomic E-state index is 0.143. The van der Waals surface area contributed by atoms with Crippen LogP contribution < -0.4 is 34.5 Å². The normalized spacial score (nSPS) is 12.7. The number of hydrogen-bond acceptors (Lipinski definition) is 11. The van der Waals surface area contributed by atoms with Gasteiger partial charge in [0.2, 0.25) is 11.7 Å². The van der Waals surface area contributed by atoms with Gasteiger partial charge in [0, 0.05) is 12.1 Å². The molecule has 3 aromatic rings. The van der Waals surface area contributed by atoms with Crippen LogP contribution in [0.5, 0.6) is 23.0 Å². The summed E-state index contributed by atoms with van der Waals surface area (Å²) >= 11 is 1.88. The molecule has 45 heavy (non-hydrogen) atoms. The Morgan fingerprint density at radius 3 is 2.40 bits per heavy atom. The van der Waals surface area contributed by atoms with Crippen LogP contribution in [-0.2, 0) is 28.9 Å². The van der Waals surface area contributed by atoms with E-state index < -0.39 is 17.5 Å². The van der Waals surface area contributed by atoms with E-state index in [1.165, 1.54) is 59.1 Å². The number of pyridine rings is 1. The summed E-state index contributed by atoms with van der Waals surface area (Å²) in [6.45, 7) is 10.9. The fraction of sp³-hybridized carbons (Fsp3) is 0.233. The molecule has 0 radical (unpaired) electrons. The van der Waals surface area contributed by atoms with Crippen LogP contribution >= 0.6 is 0 Å². The van der Waals surface area contributed by atoms with Gasteiger partial charge in [0.05, 0.1) is 33.2 Å². The number of allylic oxidation sites excluding steroid dienone is 3. The number of hydrogen-bond donors (Lipinski definition) is 2. The van der Waals surface area contributed by atoms with E-state index in [-0.39, 0.29) is 46.5 Å². The number of rotatable bonds is 10. The van der Waals surface area contributed by atoms with Crippen LogP contribution in [0.2, 0.25) is 0 Å². The van der Waals surface area contributed by atoms with Crippen LogP contribution in [0.1, 0.15) is 20.8 Å². The van der Waals surface area contributed by atoms with Gasteiger partial charge in [0.15, 0.2) is 40.3 Å². The first-order valence-corrected chi connectivity index (χ1v) is 14.2. The van der Waals surface area contributed by atoms with Gasteiger partial charge in [-0.25, -0.2) is 24.1 Å². The van der Waals surface area contributed by atoms with Gasteiger partial charge in [-0.3, -0.25) is 4.79 Å². The number of carbonyl (C=O) groups is 2. The molecule has 13 nitrogen and oxygen atoms in total. The first-order chi connectivity index (χ1) is 21.5. The third-order valence-electron chi connectivity index (χ3n) is 5.79. The Labute approximate surface area is 270 Å². The second kappa shape index (κ2) is 15.8. The Balaban J connectivity index is 0.000000838. The SMILES string of the molecule is C[CH-]OC(=O)N(c1cc(OC)c(OC)c(OC)c1)c1ncc(F)c(Nc2ccc3c(n2)NC(=O)C(C)(C)O3)n1.[CH-]=C/C=C\[CH]=[Mo]. The summed E-state index contributed by atoms with van der Waals surface area (Å²) in [5.41, 5.74) is -0.888. The van der Waals surface area contributed by atoms with Gasteiger partial charge < -0.3 is 34.3 Å². The third-order valence-corrected chi connectivity index (χ3v) is 6.18. The predicted octanol–water partition coefficient (Wildman–Crippen LogP) is 5.23. The number of nitrogens with one attached hydrogen (secondary N) is 2. The summed E-state index contributed by atoms with van der Waals surface area (Å²) in [5.74, 6) is -0.335. The molecule has 15 heteroatoms. The monoisotopic (exact) mass is 704 g/mol. The summed E-state index contributed by atoms with van der Waals surface area (Å²) in [4.78, 5) is 38.7. The Hall–Kier alpha value is -4.84.